The van der Waals surface area contributed by atoms with Gasteiger partial charge in [-0.15, -0.1) is 0 Å². The zero-order valence-corrected chi connectivity index (χ0v) is 22.1. The second kappa shape index (κ2) is 13.8. The van der Waals surface area contributed by atoms with E-state index in [1.54, 1.807) is 0 Å². The minimum Gasteiger partial charge on any atom is -0.465 e. The average molecular weight is 593 g/mol. The minimum atomic E-state index is -4.61. The van der Waals surface area contributed by atoms with E-state index in [4.69, 9.17) is 18.6 Å². The molecular formula is C15H28O16S4. The van der Waals surface area contributed by atoms with E-state index in [1.807, 2.05) is 0 Å². The monoisotopic (exact) mass is 592 g/mol. The molecule has 0 aliphatic carbocycles. The Morgan fingerprint density at radius 1 is 0.629 bits per heavy atom. The van der Waals surface area contributed by atoms with Gasteiger partial charge in [0.05, 0.1) is 49.4 Å². The summed E-state index contributed by atoms with van der Waals surface area (Å²) in [6.07, 6.45) is -1.21. The van der Waals surface area contributed by atoms with Crippen LogP contribution < -0.4 is 0 Å². The van der Waals surface area contributed by atoms with Crippen LogP contribution in [0.4, 0.5) is 0 Å². The predicted molar refractivity (Wildman–Crippen MR) is 117 cm³/mol. The van der Waals surface area contributed by atoms with E-state index in [0.29, 0.717) is 0 Å². The third-order valence-electron chi connectivity index (χ3n) is 3.90. The van der Waals surface area contributed by atoms with E-state index >= 15 is 0 Å². The molecule has 0 aromatic rings. The molecule has 0 radical (unpaired) electrons. The molecule has 35 heavy (non-hydrogen) atoms. The summed E-state index contributed by atoms with van der Waals surface area (Å²) in [5.41, 5.74) is -2.77. The molecule has 0 fully saturated rings. The van der Waals surface area contributed by atoms with Crippen LogP contribution in [0, 0.1) is 5.41 Å². The van der Waals surface area contributed by atoms with Gasteiger partial charge in [-0.05, 0) is 26.7 Å². The number of carbonyl (C=O) groups is 2. The summed E-state index contributed by atoms with van der Waals surface area (Å²) in [5, 5.41) is 0. The van der Waals surface area contributed by atoms with E-state index in [-0.39, 0.29) is 13.2 Å². The normalized spacial score (nSPS) is 13.4. The van der Waals surface area contributed by atoms with Gasteiger partial charge >= 0.3 is 11.9 Å². The van der Waals surface area contributed by atoms with Gasteiger partial charge in [0.25, 0.3) is 40.5 Å². The first kappa shape index (κ1) is 33.6. The Balaban J connectivity index is 5.83. The highest BCUT2D eigenvalue weighted by atomic mass is 32.2. The maximum atomic E-state index is 12.6. The van der Waals surface area contributed by atoms with Crippen LogP contribution in [0.1, 0.15) is 26.7 Å². The molecule has 0 atom stereocenters. The highest BCUT2D eigenvalue weighted by Gasteiger charge is 2.52. The molecule has 0 saturated heterocycles. The molecule has 0 aromatic heterocycles. The van der Waals surface area contributed by atoms with Crippen LogP contribution in [0.2, 0.25) is 0 Å². The first-order valence-electron chi connectivity index (χ1n) is 9.78. The molecule has 0 rings (SSSR count). The van der Waals surface area contributed by atoms with Crippen molar-refractivity contribution >= 4 is 52.4 Å². The highest BCUT2D eigenvalue weighted by Crippen LogP contribution is 2.26. The number of carbonyl (C=O) groups excluding carboxylic acids is 2. The first-order valence-corrected chi connectivity index (χ1v) is 16.2. The Hall–Kier alpha value is -1.42. The third kappa shape index (κ3) is 14.0. The van der Waals surface area contributed by atoms with Crippen LogP contribution in [0.3, 0.4) is 0 Å². The molecule has 0 aliphatic heterocycles. The molecule has 0 saturated carbocycles. The summed E-state index contributed by atoms with van der Waals surface area (Å²) < 4.78 is 128. The second-order valence-corrected chi connectivity index (χ2v) is 13.5. The maximum absolute atomic E-state index is 12.6. The molecule has 208 valence electrons. The number of ether oxygens (including phenoxy) is 2. The molecule has 0 amide bonds. The quantitative estimate of drug-likeness (QED) is 0.0782. The van der Waals surface area contributed by atoms with E-state index in [1.165, 1.54) is 13.8 Å². The maximum Gasteiger partial charge on any atom is 0.328 e. The van der Waals surface area contributed by atoms with Gasteiger partial charge in [0.2, 0.25) is 5.41 Å². The first-order chi connectivity index (χ1) is 15.8. The molecule has 16 nitrogen and oxygen atoms in total. The summed E-state index contributed by atoms with van der Waals surface area (Å²) in [5.74, 6) is -6.69. The largest absolute Gasteiger partial charge is 0.465 e. The summed E-state index contributed by atoms with van der Waals surface area (Å²) in [4.78, 5) is 25.2. The van der Waals surface area contributed by atoms with Gasteiger partial charge in [-0.1, -0.05) is 0 Å². The summed E-state index contributed by atoms with van der Waals surface area (Å²) in [7, 11) is -18.2. The molecule has 2 N–H and O–H groups in total. The van der Waals surface area contributed by atoms with Gasteiger partial charge in [0, 0.05) is 0 Å². The van der Waals surface area contributed by atoms with E-state index < -0.39 is 107 Å². The van der Waals surface area contributed by atoms with Crippen molar-refractivity contribution in [3.63, 3.8) is 0 Å². The molecular weight excluding hydrogens is 564 g/mol. The molecule has 0 aliphatic rings. The van der Waals surface area contributed by atoms with Crippen LogP contribution in [0.25, 0.3) is 0 Å². The van der Waals surface area contributed by atoms with Crippen molar-refractivity contribution in [1.82, 2.24) is 0 Å². The molecule has 0 aromatic carbocycles. The van der Waals surface area contributed by atoms with Crippen molar-refractivity contribution in [2.45, 2.75) is 26.7 Å². The molecule has 0 bridgehead atoms. The lowest BCUT2D eigenvalue weighted by molar-refractivity contribution is -0.176. The second-order valence-electron chi connectivity index (χ2n) is 6.85. The molecule has 0 unspecified atom stereocenters. The Morgan fingerprint density at radius 2 is 0.943 bits per heavy atom. The van der Waals surface area contributed by atoms with E-state index in [9.17, 15) is 43.3 Å². The zero-order chi connectivity index (χ0) is 27.6. The van der Waals surface area contributed by atoms with Crippen molar-refractivity contribution in [2.75, 3.05) is 49.4 Å². The fourth-order valence-corrected chi connectivity index (χ4v) is 5.61. The van der Waals surface area contributed by atoms with Gasteiger partial charge in [0.1, 0.15) is 0 Å². The lowest BCUT2D eigenvalue weighted by atomic mass is 9.90. The lowest BCUT2D eigenvalue weighted by Crippen LogP contribution is -2.50. The van der Waals surface area contributed by atoms with Crippen molar-refractivity contribution in [1.29, 1.82) is 0 Å². The van der Waals surface area contributed by atoms with Gasteiger partial charge in [-0.2, -0.15) is 33.7 Å². The third-order valence-corrected chi connectivity index (χ3v) is 8.04. The summed E-state index contributed by atoms with van der Waals surface area (Å²) in [6.45, 7) is -0.704. The molecule has 20 heteroatoms. The van der Waals surface area contributed by atoms with E-state index in [0.717, 1.165) is 0 Å². The van der Waals surface area contributed by atoms with Crippen molar-refractivity contribution in [3.8, 4) is 0 Å². The van der Waals surface area contributed by atoms with Crippen LogP contribution in [0.5, 0.6) is 0 Å². The molecule has 0 spiro atoms. The van der Waals surface area contributed by atoms with Gasteiger partial charge in [-0.25, -0.2) is 0 Å². The number of esters is 2. The number of rotatable bonds is 18. The summed E-state index contributed by atoms with van der Waals surface area (Å²) in [6, 6.07) is 0. The Morgan fingerprint density at radius 3 is 1.20 bits per heavy atom. The Bertz CT molecular complexity index is 1040. The van der Waals surface area contributed by atoms with Crippen LogP contribution in [0.15, 0.2) is 0 Å². The zero-order valence-electron chi connectivity index (χ0n) is 18.8. The smallest absolute Gasteiger partial charge is 0.328 e. The Kier molecular flexibility index (Phi) is 13.2. The van der Waals surface area contributed by atoms with Gasteiger partial charge < -0.3 is 9.47 Å². The minimum absolute atomic E-state index is 0.331. The van der Waals surface area contributed by atoms with Gasteiger partial charge in [0.15, 0.2) is 0 Å². The van der Waals surface area contributed by atoms with Crippen LogP contribution >= 0.6 is 0 Å². The topological polar surface area (TPSA) is 248 Å². The summed E-state index contributed by atoms with van der Waals surface area (Å²) >= 11 is 0. The van der Waals surface area contributed by atoms with Crippen LogP contribution in [-0.4, -0.2) is 104 Å². The van der Waals surface area contributed by atoms with Gasteiger partial charge in [-0.3, -0.25) is 27.1 Å². The average Bonchev–Trinajstić information content (AvgIpc) is 2.66. The van der Waals surface area contributed by atoms with Crippen LogP contribution in [-0.2, 0) is 67.9 Å². The van der Waals surface area contributed by atoms with Crippen molar-refractivity contribution in [2.24, 2.45) is 5.41 Å². The van der Waals surface area contributed by atoms with Crippen molar-refractivity contribution < 1.29 is 70.2 Å². The fraction of sp³-hybridized carbons (Fsp3) is 0.867. The molecule has 0 heterocycles. The fourth-order valence-electron chi connectivity index (χ4n) is 2.23. The SMILES string of the molecule is CCOC(=O)C(COS(=O)(=O)CCCS(=O)(=O)O)(COS(=O)(=O)CCCS(=O)(=O)O)C(=O)OCC. The lowest BCUT2D eigenvalue weighted by Gasteiger charge is -2.28. The number of hydrogen-bond donors (Lipinski definition) is 2. The Labute approximate surface area is 204 Å². The standard InChI is InChI=1S/C15H28O16S4/c1-3-28-13(16)15(14(17)29-4-2,11-30-34(24,25)9-5-7-32(18,19)20)12-31-35(26,27)10-6-8-33(21,22)23/h3-12H2,1-2H3,(H,18,19,20)(H,21,22,23). The number of hydrogen-bond acceptors (Lipinski definition) is 14. The van der Waals surface area contributed by atoms with Crippen molar-refractivity contribution in [3.05, 3.63) is 0 Å². The van der Waals surface area contributed by atoms with E-state index in [2.05, 4.69) is 8.37 Å². The highest BCUT2D eigenvalue weighted by molar-refractivity contribution is 7.87. The predicted octanol–water partition coefficient (Wildman–Crippen LogP) is -1.65.